The van der Waals surface area contributed by atoms with E-state index in [0.29, 0.717) is 25.8 Å². The second-order valence-electron chi connectivity index (χ2n) is 9.24. The van der Waals surface area contributed by atoms with E-state index in [-0.39, 0.29) is 36.5 Å². The van der Waals surface area contributed by atoms with Crippen molar-refractivity contribution in [1.29, 1.82) is 0 Å². The summed E-state index contributed by atoms with van der Waals surface area (Å²) in [5.74, 6) is -0.742. The molecule has 0 aromatic rings. The summed E-state index contributed by atoms with van der Waals surface area (Å²) in [5, 5.41) is 27.1. The molecule has 30 heavy (non-hydrogen) atoms. The number of hydrogen-bond acceptors (Lipinski definition) is 6. The predicted octanol–water partition coefficient (Wildman–Crippen LogP) is 1.19. The largest absolute Gasteiger partial charge is 0.451 e. The standard InChI is InChI=1S/C20H38BN3O6/c1-6-7-10-22-17(26)20(24-14(2)25)11-15(8-9-21(28)29)16(12-20)13-23-18(27)30-19(3,4)5/h15-16,28-29H,6-13H2,1-5H3,(H,22,26)(H,23,27)(H,24,25)/t15-,16?,20+/m0/s1. The zero-order valence-corrected chi connectivity index (χ0v) is 18.9. The Balaban J connectivity index is 2.95. The molecule has 0 radical (unpaired) electrons. The zero-order valence-electron chi connectivity index (χ0n) is 18.9. The number of ether oxygens (including phenoxy) is 1. The molecule has 1 rings (SSSR count). The maximum Gasteiger partial charge on any atom is 0.451 e. The smallest absolute Gasteiger partial charge is 0.444 e. The Morgan fingerprint density at radius 3 is 2.30 bits per heavy atom. The van der Waals surface area contributed by atoms with E-state index in [2.05, 4.69) is 16.0 Å². The van der Waals surface area contributed by atoms with Crippen LogP contribution in [0.4, 0.5) is 4.79 Å². The number of hydrogen-bond donors (Lipinski definition) is 5. The van der Waals surface area contributed by atoms with E-state index in [0.717, 1.165) is 12.8 Å². The molecule has 0 heterocycles. The molecular formula is C20H38BN3O6. The molecule has 1 fully saturated rings. The van der Waals surface area contributed by atoms with Gasteiger partial charge in [0.2, 0.25) is 11.8 Å². The third-order valence-electron chi connectivity index (χ3n) is 5.26. The summed E-state index contributed by atoms with van der Waals surface area (Å²) in [6, 6.07) is 0. The predicted molar refractivity (Wildman–Crippen MR) is 115 cm³/mol. The van der Waals surface area contributed by atoms with Crippen LogP contribution in [0.2, 0.25) is 6.32 Å². The minimum Gasteiger partial charge on any atom is -0.444 e. The minimum absolute atomic E-state index is 0.0782. The first-order valence-electron chi connectivity index (χ1n) is 10.8. The third kappa shape index (κ3) is 8.91. The number of alkyl carbamates (subject to hydrolysis) is 1. The molecule has 0 saturated heterocycles. The Morgan fingerprint density at radius 1 is 1.13 bits per heavy atom. The Hall–Kier alpha value is -1.81. The first-order valence-corrected chi connectivity index (χ1v) is 10.8. The number of unbranched alkanes of at least 4 members (excludes halogenated alkanes) is 1. The van der Waals surface area contributed by atoms with Gasteiger partial charge in [-0.3, -0.25) is 9.59 Å². The van der Waals surface area contributed by atoms with Gasteiger partial charge >= 0.3 is 13.2 Å². The van der Waals surface area contributed by atoms with E-state index in [1.54, 1.807) is 20.8 Å². The molecule has 3 amide bonds. The van der Waals surface area contributed by atoms with Crippen molar-refractivity contribution in [3.8, 4) is 0 Å². The van der Waals surface area contributed by atoms with Gasteiger partial charge in [-0.1, -0.05) is 19.8 Å². The quantitative estimate of drug-likeness (QED) is 0.262. The molecular weight excluding hydrogens is 389 g/mol. The van der Waals surface area contributed by atoms with E-state index < -0.39 is 24.4 Å². The minimum atomic E-state index is -1.45. The van der Waals surface area contributed by atoms with E-state index in [9.17, 15) is 24.4 Å². The highest BCUT2D eigenvalue weighted by Gasteiger charge is 2.50. The Morgan fingerprint density at radius 2 is 1.77 bits per heavy atom. The van der Waals surface area contributed by atoms with Gasteiger partial charge in [0.05, 0.1) is 0 Å². The summed E-state index contributed by atoms with van der Waals surface area (Å²) in [6.45, 7) is 9.52. The number of carbonyl (C=O) groups excluding carboxylic acids is 3. The van der Waals surface area contributed by atoms with Crippen molar-refractivity contribution in [1.82, 2.24) is 16.0 Å². The van der Waals surface area contributed by atoms with Gasteiger partial charge in [-0.25, -0.2) is 4.79 Å². The lowest BCUT2D eigenvalue weighted by Gasteiger charge is -2.29. The molecule has 1 unspecified atom stereocenters. The van der Waals surface area contributed by atoms with Crippen LogP contribution in [0.1, 0.15) is 66.7 Å². The Labute approximate surface area is 179 Å². The van der Waals surface area contributed by atoms with E-state index in [1.807, 2.05) is 6.92 Å². The summed E-state index contributed by atoms with van der Waals surface area (Å²) in [6.07, 6.45) is 2.57. The fourth-order valence-electron chi connectivity index (χ4n) is 4.01. The molecule has 172 valence electrons. The van der Waals surface area contributed by atoms with Crippen LogP contribution in [0.3, 0.4) is 0 Å². The first kappa shape index (κ1) is 26.2. The van der Waals surface area contributed by atoms with Crippen molar-refractivity contribution in [2.75, 3.05) is 13.1 Å². The lowest BCUT2D eigenvalue weighted by molar-refractivity contribution is -0.132. The molecule has 1 saturated carbocycles. The lowest BCUT2D eigenvalue weighted by Crippen LogP contribution is -2.57. The van der Waals surface area contributed by atoms with E-state index >= 15 is 0 Å². The van der Waals surface area contributed by atoms with Crippen LogP contribution < -0.4 is 16.0 Å². The molecule has 0 aliphatic heterocycles. The Bertz CT molecular complexity index is 596. The van der Waals surface area contributed by atoms with Gasteiger partial charge in [0, 0.05) is 20.0 Å². The SMILES string of the molecule is CCCCNC(=O)[C@]1(NC(C)=O)CC(CNC(=O)OC(C)(C)C)[C@@H](CCB(O)O)C1. The van der Waals surface area contributed by atoms with Gasteiger partial charge in [-0.05, 0) is 58.2 Å². The average molecular weight is 427 g/mol. The molecule has 1 aliphatic carbocycles. The number of nitrogens with one attached hydrogen (secondary N) is 3. The second kappa shape index (κ2) is 11.5. The highest BCUT2D eigenvalue weighted by Crippen LogP contribution is 2.42. The number of amides is 3. The van der Waals surface area contributed by atoms with Crippen LogP contribution in [0.5, 0.6) is 0 Å². The maximum atomic E-state index is 13.0. The molecule has 10 heteroatoms. The molecule has 0 aromatic carbocycles. The van der Waals surface area contributed by atoms with Gasteiger partial charge in [-0.15, -0.1) is 0 Å². The Kier molecular flexibility index (Phi) is 10.1. The summed E-state index contributed by atoms with van der Waals surface area (Å²) in [5.41, 5.74) is -1.70. The molecule has 3 atom stereocenters. The van der Waals surface area contributed by atoms with Crippen LogP contribution >= 0.6 is 0 Å². The van der Waals surface area contributed by atoms with Crippen molar-refractivity contribution >= 4 is 25.0 Å². The molecule has 1 aliphatic rings. The second-order valence-corrected chi connectivity index (χ2v) is 9.24. The average Bonchev–Trinajstić information content (AvgIpc) is 2.95. The van der Waals surface area contributed by atoms with Crippen LogP contribution in [-0.4, -0.2) is 59.3 Å². The van der Waals surface area contributed by atoms with E-state index in [4.69, 9.17) is 4.74 Å². The molecule has 0 spiro atoms. The fourth-order valence-corrected chi connectivity index (χ4v) is 4.01. The van der Waals surface area contributed by atoms with Crippen molar-refractivity contribution in [2.24, 2.45) is 11.8 Å². The topological polar surface area (TPSA) is 137 Å². The molecule has 0 aromatic heterocycles. The summed E-state index contributed by atoms with van der Waals surface area (Å²) in [7, 11) is -1.45. The van der Waals surface area contributed by atoms with Gasteiger partial charge in [0.25, 0.3) is 0 Å². The number of carbonyl (C=O) groups is 3. The molecule has 5 N–H and O–H groups in total. The molecule has 9 nitrogen and oxygen atoms in total. The summed E-state index contributed by atoms with van der Waals surface area (Å²) >= 11 is 0. The van der Waals surface area contributed by atoms with Crippen molar-refractivity contribution in [3.63, 3.8) is 0 Å². The molecule has 0 bridgehead atoms. The van der Waals surface area contributed by atoms with Crippen LogP contribution in [-0.2, 0) is 14.3 Å². The van der Waals surface area contributed by atoms with Gasteiger partial charge in [0.1, 0.15) is 11.1 Å². The first-order chi connectivity index (χ1) is 13.9. The normalized spacial score (nSPS) is 23.6. The lowest BCUT2D eigenvalue weighted by atomic mass is 9.78. The number of rotatable bonds is 10. The highest BCUT2D eigenvalue weighted by atomic mass is 16.6. The highest BCUT2D eigenvalue weighted by molar-refractivity contribution is 6.40. The van der Waals surface area contributed by atoms with Gasteiger partial charge < -0.3 is 30.7 Å². The van der Waals surface area contributed by atoms with Crippen molar-refractivity contribution in [2.45, 2.75) is 84.2 Å². The van der Waals surface area contributed by atoms with Crippen molar-refractivity contribution in [3.05, 3.63) is 0 Å². The van der Waals surface area contributed by atoms with Crippen LogP contribution in [0.25, 0.3) is 0 Å². The van der Waals surface area contributed by atoms with Crippen LogP contribution in [0, 0.1) is 11.8 Å². The zero-order chi connectivity index (χ0) is 22.9. The summed E-state index contributed by atoms with van der Waals surface area (Å²) < 4.78 is 5.28. The maximum absolute atomic E-state index is 13.0. The summed E-state index contributed by atoms with van der Waals surface area (Å²) in [4.78, 5) is 36.9. The third-order valence-corrected chi connectivity index (χ3v) is 5.26. The monoisotopic (exact) mass is 427 g/mol. The van der Waals surface area contributed by atoms with Crippen molar-refractivity contribution < 1.29 is 29.2 Å². The van der Waals surface area contributed by atoms with Gasteiger partial charge in [-0.2, -0.15) is 0 Å². The fraction of sp³-hybridized carbons (Fsp3) is 0.850. The van der Waals surface area contributed by atoms with Crippen LogP contribution in [0.15, 0.2) is 0 Å². The van der Waals surface area contributed by atoms with E-state index in [1.165, 1.54) is 6.92 Å². The van der Waals surface area contributed by atoms with Gasteiger partial charge in [0.15, 0.2) is 0 Å².